The second-order valence-electron chi connectivity index (χ2n) is 6.98. The molecule has 8 heteroatoms. The highest BCUT2D eigenvalue weighted by Gasteiger charge is 2.19. The molecule has 0 aliphatic carbocycles. The molecule has 0 radical (unpaired) electrons. The summed E-state index contributed by atoms with van der Waals surface area (Å²) in [7, 11) is 1.30. The van der Waals surface area contributed by atoms with Crippen molar-refractivity contribution in [3.05, 3.63) is 72.3 Å². The lowest BCUT2D eigenvalue weighted by Gasteiger charge is -2.21. The highest BCUT2D eigenvalue weighted by molar-refractivity contribution is 7.92. The van der Waals surface area contributed by atoms with Crippen molar-refractivity contribution < 1.29 is 17.9 Å². The zero-order chi connectivity index (χ0) is 22.6. The molecule has 0 aliphatic rings. The normalized spacial score (nSPS) is 11.0. The van der Waals surface area contributed by atoms with Crippen molar-refractivity contribution in [1.29, 1.82) is 0 Å². The molecule has 0 aromatic heterocycles. The van der Waals surface area contributed by atoms with E-state index in [-0.39, 0.29) is 5.91 Å². The Hall–Kier alpha value is -3.52. The van der Waals surface area contributed by atoms with E-state index in [0.29, 0.717) is 22.7 Å². The molecule has 162 valence electrons. The van der Waals surface area contributed by atoms with Crippen LogP contribution in [0.5, 0.6) is 5.75 Å². The number of hydrogen-bond acceptors (Lipinski definition) is 5. The van der Waals surface area contributed by atoms with E-state index in [4.69, 9.17) is 4.74 Å². The highest BCUT2D eigenvalue weighted by atomic mass is 32.2. The van der Waals surface area contributed by atoms with Gasteiger partial charge >= 0.3 is 0 Å². The van der Waals surface area contributed by atoms with Crippen molar-refractivity contribution in [3.8, 4) is 16.9 Å². The third-order valence-corrected chi connectivity index (χ3v) is 6.11. The first-order chi connectivity index (χ1) is 14.7. The molecule has 0 spiro atoms. The maximum Gasteiger partial charge on any atom is 0.255 e. The molecule has 0 heterocycles. The fourth-order valence-electron chi connectivity index (χ4n) is 3.06. The number of sulfonamides is 1. The van der Waals surface area contributed by atoms with Gasteiger partial charge in [-0.05, 0) is 53.6 Å². The number of nitrogens with one attached hydrogen (secondary N) is 2. The Morgan fingerprint density at radius 2 is 1.65 bits per heavy atom. The monoisotopic (exact) mass is 439 g/mol. The summed E-state index contributed by atoms with van der Waals surface area (Å²) in [4.78, 5) is 12.9. The van der Waals surface area contributed by atoms with Crippen LogP contribution in [0.1, 0.15) is 10.4 Å². The molecule has 3 aromatic rings. The van der Waals surface area contributed by atoms with E-state index in [0.717, 1.165) is 27.4 Å². The fraction of sp³-hybridized carbons (Fsp3) is 0.174. The van der Waals surface area contributed by atoms with Crippen LogP contribution < -0.4 is 19.7 Å². The average molecular weight is 440 g/mol. The molecule has 0 atom stereocenters. The van der Waals surface area contributed by atoms with Gasteiger partial charge in [0.15, 0.2) is 0 Å². The van der Waals surface area contributed by atoms with E-state index in [2.05, 4.69) is 10.6 Å². The van der Waals surface area contributed by atoms with Crippen LogP contribution >= 0.6 is 0 Å². The van der Waals surface area contributed by atoms with Gasteiger partial charge in [0.05, 0.1) is 24.7 Å². The fourth-order valence-corrected chi connectivity index (χ4v) is 3.57. The van der Waals surface area contributed by atoms with Gasteiger partial charge in [0.2, 0.25) is 10.0 Å². The molecule has 0 fully saturated rings. The van der Waals surface area contributed by atoms with Crippen molar-refractivity contribution in [2.24, 2.45) is 0 Å². The van der Waals surface area contributed by atoms with E-state index >= 15 is 0 Å². The van der Waals surface area contributed by atoms with Crippen molar-refractivity contribution in [2.45, 2.75) is 0 Å². The van der Waals surface area contributed by atoms with Gasteiger partial charge in [0, 0.05) is 25.3 Å². The third-order valence-electron chi connectivity index (χ3n) is 4.92. The van der Waals surface area contributed by atoms with Crippen molar-refractivity contribution in [2.75, 3.05) is 42.4 Å². The van der Waals surface area contributed by atoms with E-state index in [1.807, 2.05) is 37.4 Å². The lowest BCUT2D eigenvalue weighted by Crippen LogP contribution is -2.26. The maximum absolute atomic E-state index is 12.9. The number of methoxy groups -OCH3 is 1. The van der Waals surface area contributed by atoms with E-state index in [9.17, 15) is 13.2 Å². The second kappa shape index (κ2) is 9.09. The van der Waals surface area contributed by atoms with Crippen LogP contribution in [0, 0.1) is 0 Å². The van der Waals surface area contributed by atoms with Gasteiger partial charge in [0.25, 0.3) is 5.91 Å². The van der Waals surface area contributed by atoms with E-state index in [1.165, 1.54) is 14.2 Å². The minimum absolute atomic E-state index is 0.370. The Morgan fingerprint density at radius 1 is 0.968 bits per heavy atom. The lowest BCUT2D eigenvalue weighted by molar-refractivity contribution is 0.102. The summed E-state index contributed by atoms with van der Waals surface area (Å²) in [6.07, 6.45) is 1.12. The summed E-state index contributed by atoms with van der Waals surface area (Å²) < 4.78 is 30.6. The smallest absolute Gasteiger partial charge is 0.255 e. The minimum atomic E-state index is -3.52. The van der Waals surface area contributed by atoms with Crippen LogP contribution in [0.25, 0.3) is 11.1 Å². The van der Waals surface area contributed by atoms with Gasteiger partial charge < -0.3 is 15.4 Å². The molecule has 3 rings (SSSR count). The molecular formula is C23H25N3O4S. The molecule has 1 amide bonds. The summed E-state index contributed by atoms with van der Waals surface area (Å²) >= 11 is 0. The molecule has 31 heavy (non-hydrogen) atoms. The Balaban J connectivity index is 2.03. The molecule has 7 nitrogen and oxygen atoms in total. The Morgan fingerprint density at radius 3 is 2.26 bits per heavy atom. The predicted octanol–water partition coefficient (Wildman–Crippen LogP) is 4.05. The number of amides is 1. The Kier molecular flexibility index (Phi) is 6.50. The number of anilines is 3. The lowest BCUT2D eigenvalue weighted by atomic mass is 10.0. The van der Waals surface area contributed by atoms with Crippen LogP contribution in [-0.4, -0.2) is 41.8 Å². The molecule has 2 N–H and O–H groups in total. The van der Waals surface area contributed by atoms with Crippen LogP contribution in [0.2, 0.25) is 0 Å². The average Bonchev–Trinajstić information content (AvgIpc) is 2.78. The van der Waals surface area contributed by atoms with Gasteiger partial charge in [-0.3, -0.25) is 9.10 Å². The number of benzene rings is 3. The summed E-state index contributed by atoms with van der Waals surface area (Å²) in [6.45, 7) is 0. The first-order valence-electron chi connectivity index (χ1n) is 9.54. The summed E-state index contributed by atoms with van der Waals surface area (Å²) in [5, 5.41) is 5.92. The van der Waals surface area contributed by atoms with E-state index < -0.39 is 10.0 Å². The Bertz CT molecular complexity index is 1190. The van der Waals surface area contributed by atoms with Crippen molar-refractivity contribution in [1.82, 2.24) is 0 Å². The number of ether oxygens (including phenoxy) is 1. The molecule has 3 aromatic carbocycles. The number of nitrogens with zero attached hydrogens (tertiary/aromatic N) is 1. The largest absolute Gasteiger partial charge is 0.497 e. The predicted molar refractivity (Wildman–Crippen MR) is 126 cm³/mol. The number of carbonyl (C=O) groups excluding carboxylic acids is 1. The molecule has 0 aliphatic heterocycles. The molecular weight excluding hydrogens is 414 g/mol. The zero-order valence-corrected chi connectivity index (χ0v) is 18.7. The number of hydrogen-bond donors (Lipinski definition) is 2. The number of rotatable bonds is 7. The molecule has 0 unspecified atom stereocenters. The number of carbonyl (C=O) groups is 1. The standard InChI is InChI=1S/C23H25N3O4S/c1-24-19-11-8-16(9-12-19)17-10-13-22(26(2)31(4,28)29)21(15-17)25-23(27)18-6-5-7-20(14-18)30-3/h5-15,24H,1-4H3,(H,25,27). The van der Waals surface area contributed by atoms with E-state index in [1.54, 1.807) is 36.4 Å². The van der Waals surface area contributed by atoms with Crippen molar-refractivity contribution >= 4 is 33.0 Å². The highest BCUT2D eigenvalue weighted by Crippen LogP contribution is 2.33. The topological polar surface area (TPSA) is 87.7 Å². The minimum Gasteiger partial charge on any atom is -0.497 e. The third kappa shape index (κ3) is 5.16. The SMILES string of the molecule is CNc1ccc(-c2ccc(N(C)S(C)(=O)=O)c(NC(=O)c3cccc(OC)c3)c2)cc1. The van der Waals surface area contributed by atoms with Crippen molar-refractivity contribution in [3.63, 3.8) is 0 Å². The molecule has 0 bridgehead atoms. The summed E-state index contributed by atoms with van der Waals surface area (Å²) in [6, 6.07) is 19.8. The summed E-state index contributed by atoms with van der Waals surface area (Å²) in [5.74, 6) is 0.184. The van der Waals surface area contributed by atoms with Gasteiger partial charge in [-0.1, -0.05) is 24.3 Å². The zero-order valence-electron chi connectivity index (χ0n) is 17.8. The van der Waals surface area contributed by atoms with Gasteiger partial charge in [-0.25, -0.2) is 8.42 Å². The second-order valence-corrected chi connectivity index (χ2v) is 8.99. The maximum atomic E-state index is 12.9. The van der Waals surface area contributed by atoms with Crippen LogP contribution in [0.3, 0.4) is 0 Å². The van der Waals surface area contributed by atoms with Gasteiger partial charge in [0.1, 0.15) is 5.75 Å². The van der Waals surface area contributed by atoms with Crippen LogP contribution in [-0.2, 0) is 10.0 Å². The Labute approximate surface area is 182 Å². The van der Waals surface area contributed by atoms with Crippen LogP contribution in [0.4, 0.5) is 17.1 Å². The quantitative estimate of drug-likeness (QED) is 0.580. The summed E-state index contributed by atoms with van der Waals surface area (Å²) in [5.41, 5.74) is 3.91. The van der Waals surface area contributed by atoms with Crippen LogP contribution in [0.15, 0.2) is 66.7 Å². The molecule has 0 saturated heterocycles. The van der Waals surface area contributed by atoms with Gasteiger partial charge in [-0.2, -0.15) is 0 Å². The van der Waals surface area contributed by atoms with Gasteiger partial charge in [-0.15, -0.1) is 0 Å². The molecule has 0 saturated carbocycles. The first-order valence-corrected chi connectivity index (χ1v) is 11.4. The first kappa shape index (κ1) is 22.2.